The zero-order chi connectivity index (χ0) is 40.5. The number of ketones is 2. The number of carbonyl (C=O) groups excluding carboxylic acids is 5. The highest BCUT2D eigenvalue weighted by atomic mass is 32.2. The van der Waals surface area contributed by atoms with E-state index in [0.29, 0.717) is 49.4 Å². The van der Waals surface area contributed by atoms with Crippen LogP contribution < -0.4 is 10.0 Å². The lowest BCUT2D eigenvalue weighted by Crippen LogP contribution is -2.52. The van der Waals surface area contributed by atoms with Gasteiger partial charge in [0.2, 0.25) is 21.7 Å². The Balaban J connectivity index is 1.35. The monoisotopic (exact) mass is 801 g/mol. The van der Waals surface area contributed by atoms with Crippen LogP contribution in [0, 0.1) is 11.8 Å². The number of oxazole rings is 1. The number of nitrogens with zero attached hydrogens (tertiary/aromatic N) is 3. The van der Waals surface area contributed by atoms with E-state index in [1.165, 1.54) is 4.90 Å². The molecule has 0 radical (unpaired) electrons. The van der Waals surface area contributed by atoms with Crippen molar-refractivity contribution in [1.29, 1.82) is 0 Å². The molecular formula is C40H59N5O10S. The number of ether oxygens (including phenoxy) is 2. The Bertz CT molecular complexity index is 1760. The van der Waals surface area contributed by atoms with Crippen LogP contribution in [0.15, 0.2) is 28.7 Å². The number of amides is 3. The molecule has 310 valence electrons. The molecule has 2 N–H and O–H groups in total. The molecule has 5 rings (SSSR count). The molecular weight excluding hydrogens is 743 g/mol. The van der Waals surface area contributed by atoms with Crippen molar-refractivity contribution in [2.45, 2.75) is 134 Å². The minimum absolute atomic E-state index is 0.0159. The summed E-state index contributed by atoms with van der Waals surface area (Å²) in [6.07, 6.45) is 8.00. The maximum absolute atomic E-state index is 14.4. The van der Waals surface area contributed by atoms with Crippen LogP contribution >= 0.6 is 0 Å². The summed E-state index contributed by atoms with van der Waals surface area (Å²) in [6.45, 7) is 6.63. The van der Waals surface area contributed by atoms with Gasteiger partial charge in [0.05, 0.1) is 18.8 Å². The number of aromatic nitrogens is 1. The SMILES string of the molecule is CC(C)(C)OC(=O)NCCCC[C@H](CC(=O)[C@@H]1C[C@@H](OC(=O)N2CCCCC2)CN1C(=O)[C@@H](CCC1CCCC1)NS(C)(=O)=O)C(=O)c1nc2ccccc2o1. The first-order valence-electron chi connectivity index (χ1n) is 20.2. The summed E-state index contributed by atoms with van der Waals surface area (Å²) in [7, 11) is -3.80. The van der Waals surface area contributed by atoms with E-state index < -0.39 is 69.4 Å². The fourth-order valence-electron chi connectivity index (χ4n) is 8.00. The van der Waals surface area contributed by atoms with Crippen molar-refractivity contribution < 1.29 is 46.3 Å². The zero-order valence-electron chi connectivity index (χ0n) is 33.3. The van der Waals surface area contributed by atoms with Crippen molar-refractivity contribution in [1.82, 2.24) is 24.8 Å². The standard InChI is InChI=1S/C40H59N5O10S/c1-40(2,3)55-38(49)41-21-11-10-16-28(35(47)36-42-30-17-8-9-18-34(30)54-36)24-33(46)32-25-29(53-39(50)44-22-12-5-13-23-44)26-45(32)37(48)31(43-56(4,51)52)20-19-27-14-6-7-15-27/h8-9,17-18,27-29,31-32,43H,5-7,10-16,19-26H2,1-4H3,(H,41,49)/t28-,29-,31-,32+/m1/s1. The third kappa shape index (κ3) is 12.7. The van der Waals surface area contributed by atoms with Gasteiger partial charge in [0.25, 0.3) is 5.89 Å². The van der Waals surface area contributed by atoms with E-state index in [2.05, 4.69) is 15.0 Å². The van der Waals surface area contributed by atoms with E-state index >= 15 is 0 Å². The zero-order valence-corrected chi connectivity index (χ0v) is 34.1. The number of Topliss-reactive ketones (excluding diaryl/α,β-unsaturated/α-hetero) is 2. The summed E-state index contributed by atoms with van der Waals surface area (Å²) >= 11 is 0. The van der Waals surface area contributed by atoms with E-state index in [-0.39, 0.29) is 44.7 Å². The van der Waals surface area contributed by atoms with Crippen LogP contribution in [0.5, 0.6) is 0 Å². The molecule has 56 heavy (non-hydrogen) atoms. The number of likely N-dealkylation sites (tertiary alicyclic amines) is 2. The number of hydrogen-bond acceptors (Lipinski definition) is 11. The molecule has 1 aromatic heterocycles. The molecule has 4 atom stereocenters. The highest BCUT2D eigenvalue weighted by molar-refractivity contribution is 7.88. The third-order valence-electron chi connectivity index (χ3n) is 10.8. The lowest BCUT2D eigenvalue weighted by molar-refractivity contribution is -0.139. The normalized spacial score (nSPS) is 20.5. The predicted molar refractivity (Wildman–Crippen MR) is 208 cm³/mol. The molecule has 2 aliphatic heterocycles. The molecule has 1 aliphatic carbocycles. The Morgan fingerprint density at radius 1 is 0.982 bits per heavy atom. The summed E-state index contributed by atoms with van der Waals surface area (Å²) in [5.41, 5.74) is 0.268. The lowest BCUT2D eigenvalue weighted by Gasteiger charge is -2.29. The Hall–Kier alpha value is -4.05. The molecule has 16 heteroatoms. The number of piperidine rings is 1. The van der Waals surface area contributed by atoms with Gasteiger partial charge in [0, 0.05) is 38.4 Å². The van der Waals surface area contributed by atoms with Crippen LogP contribution in [0.4, 0.5) is 9.59 Å². The average Bonchev–Trinajstić information content (AvgIpc) is 3.92. The number of fused-ring (bicyclic) bond motifs is 1. The second kappa shape index (κ2) is 19.4. The highest BCUT2D eigenvalue weighted by Crippen LogP contribution is 2.32. The molecule has 2 saturated heterocycles. The molecule has 3 aliphatic rings. The highest BCUT2D eigenvalue weighted by Gasteiger charge is 2.45. The lowest BCUT2D eigenvalue weighted by atomic mass is 9.89. The minimum Gasteiger partial charge on any atom is -0.444 e. The number of alkyl carbamates (subject to hydrolysis) is 1. The first-order valence-corrected chi connectivity index (χ1v) is 22.1. The van der Waals surface area contributed by atoms with Gasteiger partial charge in [-0.05, 0) is 83.8 Å². The van der Waals surface area contributed by atoms with Crippen molar-refractivity contribution in [2.75, 3.05) is 32.4 Å². The number of benzene rings is 1. The minimum atomic E-state index is -3.80. The summed E-state index contributed by atoms with van der Waals surface area (Å²) < 4.78 is 44.6. The number of carbonyl (C=O) groups is 5. The summed E-state index contributed by atoms with van der Waals surface area (Å²) in [4.78, 5) is 75.6. The van der Waals surface area contributed by atoms with Gasteiger partial charge in [-0.2, -0.15) is 0 Å². The van der Waals surface area contributed by atoms with Crippen LogP contribution in [0.25, 0.3) is 11.1 Å². The molecule has 0 spiro atoms. The third-order valence-corrected chi connectivity index (χ3v) is 11.5. The number of nitrogens with one attached hydrogen (secondary N) is 2. The van der Waals surface area contributed by atoms with Gasteiger partial charge in [-0.3, -0.25) is 14.4 Å². The van der Waals surface area contributed by atoms with Gasteiger partial charge in [-0.25, -0.2) is 27.7 Å². The summed E-state index contributed by atoms with van der Waals surface area (Å²) in [5.74, 6) is -2.06. The van der Waals surface area contributed by atoms with Crippen molar-refractivity contribution in [3.8, 4) is 0 Å². The van der Waals surface area contributed by atoms with Crippen LogP contribution in [0.1, 0.15) is 121 Å². The molecule has 2 aromatic rings. The summed E-state index contributed by atoms with van der Waals surface area (Å²) in [6, 6.07) is 4.79. The quantitative estimate of drug-likeness (QED) is 0.146. The van der Waals surface area contributed by atoms with Crippen molar-refractivity contribution >= 4 is 50.8 Å². The number of rotatable bonds is 17. The van der Waals surface area contributed by atoms with Gasteiger partial charge < -0.3 is 29.0 Å². The first-order chi connectivity index (χ1) is 26.6. The Morgan fingerprint density at radius 3 is 2.38 bits per heavy atom. The topological polar surface area (TPSA) is 195 Å². The second-order valence-electron chi connectivity index (χ2n) is 16.6. The van der Waals surface area contributed by atoms with Gasteiger partial charge in [0.15, 0.2) is 11.4 Å². The van der Waals surface area contributed by atoms with E-state index in [9.17, 15) is 32.4 Å². The van der Waals surface area contributed by atoms with E-state index in [1.807, 2.05) is 0 Å². The van der Waals surface area contributed by atoms with Crippen LogP contribution in [0.3, 0.4) is 0 Å². The van der Waals surface area contributed by atoms with E-state index in [4.69, 9.17) is 13.9 Å². The molecule has 15 nitrogen and oxygen atoms in total. The van der Waals surface area contributed by atoms with Crippen molar-refractivity contribution in [2.24, 2.45) is 11.8 Å². The maximum atomic E-state index is 14.4. The molecule has 1 aromatic carbocycles. The van der Waals surface area contributed by atoms with Crippen molar-refractivity contribution in [3.05, 3.63) is 30.2 Å². The maximum Gasteiger partial charge on any atom is 0.410 e. The Morgan fingerprint density at radius 2 is 1.70 bits per heavy atom. The average molecular weight is 802 g/mol. The molecule has 0 unspecified atom stereocenters. The Labute approximate surface area is 330 Å². The number of sulfonamides is 1. The Kier molecular flexibility index (Phi) is 14.9. The van der Waals surface area contributed by atoms with Gasteiger partial charge in [0.1, 0.15) is 23.3 Å². The largest absolute Gasteiger partial charge is 0.444 e. The molecule has 3 heterocycles. The predicted octanol–water partition coefficient (Wildman–Crippen LogP) is 5.76. The fraction of sp³-hybridized carbons (Fsp3) is 0.700. The van der Waals surface area contributed by atoms with E-state index in [1.54, 1.807) is 49.9 Å². The fourth-order valence-corrected chi connectivity index (χ4v) is 8.73. The van der Waals surface area contributed by atoms with Gasteiger partial charge >= 0.3 is 12.2 Å². The van der Waals surface area contributed by atoms with Gasteiger partial charge in [-0.15, -0.1) is 0 Å². The van der Waals surface area contributed by atoms with Crippen LogP contribution in [0.2, 0.25) is 0 Å². The molecule has 3 amide bonds. The smallest absolute Gasteiger partial charge is 0.410 e. The van der Waals surface area contributed by atoms with Crippen molar-refractivity contribution in [3.63, 3.8) is 0 Å². The van der Waals surface area contributed by atoms with Crippen LogP contribution in [-0.2, 0) is 29.1 Å². The van der Waals surface area contributed by atoms with Crippen LogP contribution in [-0.4, -0.2) is 109 Å². The second-order valence-corrected chi connectivity index (χ2v) is 18.4. The number of unbranched alkanes of at least 4 members (excludes halogenated alkanes) is 1. The molecule has 0 bridgehead atoms. The summed E-state index contributed by atoms with van der Waals surface area (Å²) in [5, 5.41) is 2.71. The number of hydrogen-bond donors (Lipinski definition) is 2. The molecule has 3 fully saturated rings. The molecule has 1 saturated carbocycles. The number of para-hydroxylation sites is 2. The van der Waals surface area contributed by atoms with Gasteiger partial charge in [-0.1, -0.05) is 44.2 Å². The first kappa shape index (κ1) is 43.1. The van der Waals surface area contributed by atoms with E-state index in [0.717, 1.165) is 51.2 Å².